The van der Waals surface area contributed by atoms with Gasteiger partial charge in [-0.15, -0.1) is 11.3 Å². The molecule has 3 heterocycles. The number of nitrogens with one attached hydrogen (secondary N) is 1. The van der Waals surface area contributed by atoms with Gasteiger partial charge in [-0.1, -0.05) is 6.07 Å². The van der Waals surface area contributed by atoms with Crippen LogP contribution in [0, 0.1) is 5.92 Å². The van der Waals surface area contributed by atoms with Crippen LogP contribution in [-0.2, 0) is 21.4 Å². The summed E-state index contributed by atoms with van der Waals surface area (Å²) < 4.78 is 25.8. The summed E-state index contributed by atoms with van der Waals surface area (Å²) in [6.07, 6.45) is 1.81. The predicted molar refractivity (Wildman–Crippen MR) is 86.0 cm³/mol. The topological polar surface area (TPSA) is 69.7 Å². The monoisotopic (exact) mass is 343 g/mol. The third-order valence-corrected chi connectivity index (χ3v) is 6.69. The molecule has 3 atom stereocenters. The average Bonchev–Trinajstić information content (AvgIpc) is 3.11. The Balaban J connectivity index is 1.76. The first-order valence-electron chi connectivity index (χ1n) is 7.35. The minimum atomic E-state index is -3.40. The summed E-state index contributed by atoms with van der Waals surface area (Å²) in [7, 11) is -1.84. The maximum atomic E-state index is 12.2. The highest BCUT2D eigenvalue weighted by Gasteiger charge is 2.52. The number of hydrogen-bond acceptors (Lipinski definition) is 5. The largest absolute Gasteiger partial charge is 0.358 e. The molecule has 2 aliphatic rings. The molecule has 0 radical (unpaired) electrons. The SMILES string of the molecule is CNC(=O)[C@H]1C[C@@H]2CN(Cc3cccs3)C[C@@H]2N1S(C)(=O)=O. The second-order valence-electron chi connectivity index (χ2n) is 6.06. The molecule has 1 N–H and O–H groups in total. The highest BCUT2D eigenvalue weighted by molar-refractivity contribution is 7.88. The van der Waals surface area contributed by atoms with Crippen molar-refractivity contribution in [3.63, 3.8) is 0 Å². The standard InChI is InChI=1S/C14H21N3O3S2/c1-15-14(18)12-6-10-7-16(8-11-4-3-5-21-11)9-13(10)17(12)22(2,19)20/h3-5,10,12-13H,6-9H2,1-2H3,(H,15,18)/t10-,12-,13+/m1/s1. The molecule has 0 aromatic carbocycles. The molecule has 2 saturated heterocycles. The molecule has 2 aliphatic heterocycles. The predicted octanol–water partition coefficient (Wildman–Crippen LogP) is 0.328. The molecule has 3 rings (SSSR count). The Morgan fingerprint density at radius 1 is 1.45 bits per heavy atom. The van der Waals surface area contributed by atoms with Gasteiger partial charge in [0.15, 0.2) is 0 Å². The molecule has 1 amide bonds. The molecule has 22 heavy (non-hydrogen) atoms. The zero-order valence-corrected chi connectivity index (χ0v) is 14.4. The zero-order valence-electron chi connectivity index (χ0n) is 12.7. The lowest BCUT2D eigenvalue weighted by molar-refractivity contribution is -0.124. The summed E-state index contributed by atoms with van der Waals surface area (Å²) in [6.45, 7) is 2.40. The Kier molecular flexibility index (Phi) is 4.28. The molecule has 2 fully saturated rings. The van der Waals surface area contributed by atoms with Gasteiger partial charge in [-0.3, -0.25) is 9.69 Å². The Bertz CT molecular complexity index is 644. The highest BCUT2D eigenvalue weighted by Crippen LogP contribution is 2.38. The van der Waals surface area contributed by atoms with E-state index in [1.807, 2.05) is 6.07 Å². The summed E-state index contributed by atoms with van der Waals surface area (Å²) in [6, 6.07) is 3.48. The summed E-state index contributed by atoms with van der Waals surface area (Å²) in [5.74, 6) is 0.0293. The molecule has 0 bridgehead atoms. The van der Waals surface area contributed by atoms with Gasteiger partial charge in [0.2, 0.25) is 15.9 Å². The van der Waals surface area contributed by atoms with Crippen molar-refractivity contribution in [2.75, 3.05) is 26.4 Å². The van der Waals surface area contributed by atoms with Crippen molar-refractivity contribution in [3.8, 4) is 0 Å². The van der Waals surface area contributed by atoms with E-state index in [-0.39, 0.29) is 17.9 Å². The number of fused-ring (bicyclic) bond motifs is 1. The minimum Gasteiger partial charge on any atom is -0.358 e. The van der Waals surface area contributed by atoms with E-state index in [1.165, 1.54) is 15.4 Å². The first-order valence-corrected chi connectivity index (χ1v) is 10.1. The van der Waals surface area contributed by atoms with Gasteiger partial charge in [0.25, 0.3) is 0 Å². The smallest absolute Gasteiger partial charge is 0.238 e. The third-order valence-electron chi connectivity index (χ3n) is 4.53. The number of amides is 1. The van der Waals surface area contributed by atoms with Crippen LogP contribution in [0.25, 0.3) is 0 Å². The second kappa shape index (κ2) is 5.92. The highest BCUT2D eigenvalue weighted by atomic mass is 32.2. The number of nitrogens with zero attached hydrogens (tertiary/aromatic N) is 2. The van der Waals surface area contributed by atoms with Gasteiger partial charge in [0, 0.05) is 37.6 Å². The van der Waals surface area contributed by atoms with Crippen LogP contribution in [-0.4, -0.2) is 62.0 Å². The molecule has 8 heteroatoms. The summed E-state index contributed by atoms with van der Waals surface area (Å²) in [5, 5.41) is 4.64. The zero-order chi connectivity index (χ0) is 15.9. The number of thiophene rings is 1. The molecule has 6 nitrogen and oxygen atoms in total. The average molecular weight is 343 g/mol. The molecule has 1 aromatic heterocycles. The summed E-state index contributed by atoms with van der Waals surface area (Å²) in [5.41, 5.74) is 0. The van der Waals surface area contributed by atoms with Gasteiger partial charge in [-0.05, 0) is 23.8 Å². The van der Waals surface area contributed by atoms with Crippen LogP contribution in [0.4, 0.5) is 0 Å². The quantitative estimate of drug-likeness (QED) is 0.855. The number of carbonyl (C=O) groups is 1. The van der Waals surface area contributed by atoms with Crippen LogP contribution in [0.15, 0.2) is 17.5 Å². The van der Waals surface area contributed by atoms with Crippen molar-refractivity contribution < 1.29 is 13.2 Å². The van der Waals surface area contributed by atoms with Gasteiger partial charge in [-0.25, -0.2) is 8.42 Å². The van der Waals surface area contributed by atoms with Gasteiger partial charge in [-0.2, -0.15) is 4.31 Å². The molecule has 122 valence electrons. The van der Waals surface area contributed by atoms with E-state index in [9.17, 15) is 13.2 Å². The number of likely N-dealkylation sites (tertiary alicyclic amines) is 1. The number of hydrogen-bond donors (Lipinski definition) is 1. The van der Waals surface area contributed by atoms with Crippen molar-refractivity contribution in [2.45, 2.75) is 25.0 Å². The van der Waals surface area contributed by atoms with E-state index < -0.39 is 16.1 Å². The fraction of sp³-hybridized carbons (Fsp3) is 0.643. The van der Waals surface area contributed by atoms with Crippen molar-refractivity contribution in [1.82, 2.24) is 14.5 Å². The van der Waals surface area contributed by atoms with Crippen LogP contribution in [0.2, 0.25) is 0 Å². The first-order chi connectivity index (χ1) is 10.4. The molecular formula is C14H21N3O3S2. The summed E-state index contributed by atoms with van der Waals surface area (Å²) >= 11 is 1.72. The van der Waals surface area contributed by atoms with E-state index in [4.69, 9.17) is 0 Å². The Labute approximate surface area is 135 Å². The number of sulfonamides is 1. The van der Waals surface area contributed by atoms with Crippen LogP contribution in [0.3, 0.4) is 0 Å². The lowest BCUT2D eigenvalue weighted by atomic mass is 10.0. The Morgan fingerprint density at radius 3 is 2.82 bits per heavy atom. The van der Waals surface area contributed by atoms with E-state index in [0.717, 1.165) is 13.1 Å². The van der Waals surface area contributed by atoms with Gasteiger partial charge in [0.05, 0.1) is 6.26 Å². The van der Waals surface area contributed by atoms with Crippen molar-refractivity contribution in [1.29, 1.82) is 0 Å². The molecule has 0 unspecified atom stereocenters. The number of carbonyl (C=O) groups excluding carboxylic acids is 1. The summed E-state index contributed by atoms with van der Waals surface area (Å²) in [4.78, 5) is 15.6. The fourth-order valence-corrected chi connectivity index (χ4v) is 5.82. The lowest BCUT2D eigenvalue weighted by Crippen LogP contribution is -2.49. The number of likely N-dealkylation sites (N-methyl/N-ethyl adjacent to an activating group) is 1. The van der Waals surface area contributed by atoms with Crippen molar-refractivity contribution >= 4 is 27.3 Å². The molecular weight excluding hydrogens is 322 g/mol. The normalized spacial score (nSPS) is 29.6. The van der Waals surface area contributed by atoms with Crippen molar-refractivity contribution in [3.05, 3.63) is 22.4 Å². The van der Waals surface area contributed by atoms with Gasteiger partial charge in [0.1, 0.15) is 6.04 Å². The second-order valence-corrected chi connectivity index (χ2v) is 8.98. The number of rotatable bonds is 4. The Morgan fingerprint density at radius 2 is 2.23 bits per heavy atom. The van der Waals surface area contributed by atoms with Gasteiger partial charge >= 0.3 is 0 Å². The molecule has 1 aromatic rings. The van der Waals surface area contributed by atoms with E-state index in [0.29, 0.717) is 13.0 Å². The maximum absolute atomic E-state index is 12.2. The minimum absolute atomic E-state index is 0.0859. The van der Waals surface area contributed by atoms with Crippen LogP contribution in [0.5, 0.6) is 0 Å². The van der Waals surface area contributed by atoms with Crippen LogP contribution >= 0.6 is 11.3 Å². The first kappa shape index (κ1) is 15.9. The maximum Gasteiger partial charge on any atom is 0.238 e. The van der Waals surface area contributed by atoms with E-state index in [1.54, 1.807) is 18.4 Å². The van der Waals surface area contributed by atoms with Crippen LogP contribution < -0.4 is 5.32 Å². The Hall–Kier alpha value is -0.960. The fourth-order valence-electron chi connectivity index (χ4n) is 3.70. The van der Waals surface area contributed by atoms with E-state index in [2.05, 4.69) is 21.7 Å². The molecule has 0 spiro atoms. The van der Waals surface area contributed by atoms with Crippen molar-refractivity contribution in [2.24, 2.45) is 5.92 Å². The van der Waals surface area contributed by atoms with Crippen LogP contribution in [0.1, 0.15) is 11.3 Å². The van der Waals surface area contributed by atoms with Gasteiger partial charge < -0.3 is 5.32 Å². The third kappa shape index (κ3) is 2.92. The lowest BCUT2D eigenvalue weighted by Gasteiger charge is -2.27. The molecule has 0 saturated carbocycles. The van der Waals surface area contributed by atoms with E-state index >= 15 is 0 Å². The molecule has 0 aliphatic carbocycles.